The Labute approximate surface area is 191 Å². The molecule has 3 aromatic rings. The highest BCUT2D eigenvalue weighted by Crippen LogP contribution is 2.37. The molecule has 1 aliphatic rings. The van der Waals surface area contributed by atoms with Gasteiger partial charge in [-0.15, -0.1) is 0 Å². The third kappa shape index (κ3) is 5.45. The van der Waals surface area contributed by atoms with Crippen molar-refractivity contribution in [2.24, 2.45) is 4.99 Å². The van der Waals surface area contributed by atoms with Crippen LogP contribution in [-0.2, 0) is 9.59 Å². The van der Waals surface area contributed by atoms with Crippen molar-refractivity contribution in [2.75, 3.05) is 11.5 Å². The van der Waals surface area contributed by atoms with Gasteiger partial charge in [-0.2, -0.15) is 0 Å². The zero-order chi connectivity index (χ0) is 23.4. The van der Waals surface area contributed by atoms with E-state index in [0.717, 1.165) is 11.8 Å². The van der Waals surface area contributed by atoms with Crippen LogP contribution in [0.4, 0.5) is 20.2 Å². The monoisotopic (exact) mass is 466 g/mol. The number of carbonyl (C=O) groups excluding carboxylic acids is 1. The van der Waals surface area contributed by atoms with Gasteiger partial charge in [0.2, 0.25) is 0 Å². The molecule has 0 bridgehead atoms. The largest absolute Gasteiger partial charge is 0.482 e. The minimum absolute atomic E-state index is 0.339. The van der Waals surface area contributed by atoms with E-state index < -0.39 is 24.2 Å². The summed E-state index contributed by atoms with van der Waals surface area (Å²) >= 11 is 1.13. The van der Waals surface area contributed by atoms with Crippen molar-refractivity contribution in [2.45, 2.75) is 0 Å². The maximum absolute atomic E-state index is 13.4. The number of amides is 1. The van der Waals surface area contributed by atoms with Crippen molar-refractivity contribution in [3.05, 3.63) is 94.9 Å². The number of carboxylic acid groups (broad SMARTS) is 1. The molecule has 1 aliphatic heterocycles. The molecule has 0 radical (unpaired) electrons. The smallest absolute Gasteiger partial charge is 0.341 e. The number of hydrogen-bond acceptors (Lipinski definition) is 5. The molecule has 4 rings (SSSR count). The highest BCUT2D eigenvalue weighted by atomic mass is 32.2. The van der Waals surface area contributed by atoms with Gasteiger partial charge in [0, 0.05) is 0 Å². The Kier molecular flexibility index (Phi) is 6.50. The van der Waals surface area contributed by atoms with Crippen LogP contribution in [-0.4, -0.2) is 28.8 Å². The first-order chi connectivity index (χ1) is 15.9. The summed E-state index contributed by atoms with van der Waals surface area (Å²) in [5.74, 6) is -1.88. The van der Waals surface area contributed by atoms with Crippen molar-refractivity contribution in [3.8, 4) is 5.75 Å². The van der Waals surface area contributed by atoms with E-state index in [4.69, 9.17) is 9.84 Å². The number of carboxylic acids is 1. The molecular weight excluding hydrogens is 450 g/mol. The normalized spacial score (nSPS) is 15.9. The molecule has 166 valence electrons. The lowest BCUT2D eigenvalue weighted by atomic mass is 10.2. The van der Waals surface area contributed by atoms with Crippen LogP contribution in [0.15, 0.2) is 82.7 Å². The second kappa shape index (κ2) is 9.66. The SMILES string of the molecule is O=C(O)COc1ccc(/C=C2/SC(=Nc3ccc(F)cc3)N(c3ccc(F)cc3)C2=O)cc1. The number of rotatable bonds is 6. The van der Waals surface area contributed by atoms with Gasteiger partial charge in [-0.05, 0) is 84.1 Å². The highest BCUT2D eigenvalue weighted by Gasteiger charge is 2.34. The third-order valence-corrected chi connectivity index (χ3v) is 5.45. The van der Waals surface area contributed by atoms with Crippen LogP contribution in [0.3, 0.4) is 0 Å². The maximum Gasteiger partial charge on any atom is 0.341 e. The predicted molar refractivity (Wildman–Crippen MR) is 123 cm³/mol. The molecule has 1 amide bonds. The summed E-state index contributed by atoms with van der Waals surface area (Å²) in [7, 11) is 0. The van der Waals surface area contributed by atoms with Gasteiger partial charge in [0.25, 0.3) is 5.91 Å². The molecule has 3 aromatic carbocycles. The molecule has 9 heteroatoms. The van der Waals surface area contributed by atoms with Crippen LogP contribution < -0.4 is 9.64 Å². The number of amidine groups is 1. The number of aliphatic carboxylic acids is 1. The molecule has 0 aromatic heterocycles. The minimum atomic E-state index is -1.08. The van der Waals surface area contributed by atoms with Gasteiger partial charge >= 0.3 is 5.97 Å². The quantitative estimate of drug-likeness (QED) is 0.503. The first-order valence-electron chi connectivity index (χ1n) is 9.67. The fourth-order valence-corrected chi connectivity index (χ4v) is 3.95. The molecule has 1 fully saturated rings. The zero-order valence-electron chi connectivity index (χ0n) is 16.9. The molecule has 1 heterocycles. The first kappa shape index (κ1) is 22.2. The molecule has 0 unspecified atom stereocenters. The number of anilines is 1. The molecule has 0 aliphatic carbocycles. The van der Waals surface area contributed by atoms with Gasteiger partial charge in [0.05, 0.1) is 16.3 Å². The molecule has 0 saturated carbocycles. The van der Waals surface area contributed by atoms with Crippen molar-refractivity contribution < 1.29 is 28.2 Å². The Balaban J connectivity index is 1.65. The van der Waals surface area contributed by atoms with E-state index in [1.165, 1.54) is 53.4 Å². The lowest BCUT2D eigenvalue weighted by Gasteiger charge is -2.15. The Morgan fingerprint density at radius 3 is 2.18 bits per heavy atom. The third-order valence-electron chi connectivity index (χ3n) is 4.48. The summed E-state index contributed by atoms with van der Waals surface area (Å²) in [6.45, 7) is -0.454. The topological polar surface area (TPSA) is 79.2 Å². The number of nitrogens with zero attached hydrogens (tertiary/aromatic N) is 2. The van der Waals surface area contributed by atoms with Crippen molar-refractivity contribution in [3.63, 3.8) is 0 Å². The Morgan fingerprint density at radius 2 is 1.58 bits per heavy atom. The summed E-state index contributed by atoms with van der Waals surface area (Å²) in [5, 5.41) is 9.04. The minimum Gasteiger partial charge on any atom is -0.482 e. The Bertz CT molecular complexity index is 1240. The Morgan fingerprint density at radius 1 is 0.970 bits per heavy atom. The summed E-state index contributed by atoms with van der Waals surface area (Å²) in [4.78, 5) is 30.1. The number of benzene rings is 3. The lowest BCUT2D eigenvalue weighted by Crippen LogP contribution is -2.28. The van der Waals surface area contributed by atoms with Crippen LogP contribution in [0.2, 0.25) is 0 Å². The average molecular weight is 466 g/mol. The first-order valence-corrected chi connectivity index (χ1v) is 10.5. The van der Waals surface area contributed by atoms with Crippen molar-refractivity contribution in [1.29, 1.82) is 0 Å². The van der Waals surface area contributed by atoms with E-state index in [-0.39, 0.29) is 5.91 Å². The van der Waals surface area contributed by atoms with Crippen molar-refractivity contribution >= 4 is 46.3 Å². The maximum atomic E-state index is 13.4. The summed E-state index contributed by atoms with van der Waals surface area (Å²) in [6, 6.07) is 17.6. The number of thioether (sulfide) groups is 1. The van der Waals surface area contributed by atoms with Crippen molar-refractivity contribution in [1.82, 2.24) is 0 Å². The summed E-state index contributed by atoms with van der Waals surface area (Å²) in [6.07, 6.45) is 1.66. The van der Waals surface area contributed by atoms with Crippen LogP contribution in [0, 0.1) is 11.6 Å². The second-order valence-corrected chi connectivity index (χ2v) is 7.86. The van der Waals surface area contributed by atoms with Gasteiger partial charge < -0.3 is 9.84 Å². The predicted octanol–water partition coefficient (Wildman–Crippen LogP) is 5.24. The fraction of sp³-hybridized carbons (Fsp3) is 0.0417. The Hall–Kier alpha value is -3.98. The van der Waals surface area contributed by atoms with E-state index in [1.807, 2.05) is 0 Å². The summed E-state index contributed by atoms with van der Waals surface area (Å²) < 4.78 is 31.8. The van der Waals surface area contributed by atoms with E-state index in [2.05, 4.69) is 4.99 Å². The molecule has 0 spiro atoms. The molecule has 33 heavy (non-hydrogen) atoms. The average Bonchev–Trinajstić information content (AvgIpc) is 3.10. The second-order valence-electron chi connectivity index (χ2n) is 6.85. The molecule has 0 atom stereocenters. The molecular formula is C24H16F2N2O4S. The number of ether oxygens (including phenoxy) is 1. The van der Waals surface area contributed by atoms with Crippen LogP contribution >= 0.6 is 11.8 Å². The van der Waals surface area contributed by atoms with Gasteiger partial charge in [-0.3, -0.25) is 9.69 Å². The van der Waals surface area contributed by atoms with Gasteiger partial charge in [-0.1, -0.05) is 12.1 Å². The number of halogens is 2. The zero-order valence-corrected chi connectivity index (χ0v) is 17.8. The fourth-order valence-electron chi connectivity index (χ4n) is 2.95. The highest BCUT2D eigenvalue weighted by molar-refractivity contribution is 8.19. The molecule has 6 nitrogen and oxygen atoms in total. The van der Waals surface area contributed by atoms with E-state index in [9.17, 15) is 18.4 Å². The van der Waals surface area contributed by atoms with Gasteiger partial charge in [0.15, 0.2) is 11.8 Å². The standard InChI is InChI=1S/C24H16F2N2O4S/c25-16-3-7-18(8-4-16)27-24-28(19-9-5-17(26)6-10-19)23(31)21(33-24)13-15-1-11-20(12-2-15)32-14-22(29)30/h1-13H,14H2,(H,29,30)/b21-13+,27-24?. The number of hydrogen-bond donors (Lipinski definition) is 1. The van der Waals surface area contributed by atoms with Gasteiger partial charge in [0.1, 0.15) is 17.4 Å². The van der Waals surface area contributed by atoms with E-state index >= 15 is 0 Å². The van der Waals surface area contributed by atoms with Crippen LogP contribution in [0.1, 0.15) is 5.56 Å². The van der Waals surface area contributed by atoms with E-state index in [1.54, 1.807) is 30.3 Å². The molecule has 1 N–H and O–H groups in total. The number of carbonyl (C=O) groups is 2. The van der Waals surface area contributed by atoms with E-state index in [0.29, 0.717) is 32.8 Å². The van der Waals surface area contributed by atoms with Crippen LogP contribution in [0.25, 0.3) is 6.08 Å². The lowest BCUT2D eigenvalue weighted by molar-refractivity contribution is -0.139. The summed E-state index contributed by atoms with van der Waals surface area (Å²) in [5.41, 5.74) is 1.59. The molecule has 1 saturated heterocycles. The number of aliphatic imine (C=N–C) groups is 1. The van der Waals surface area contributed by atoms with Gasteiger partial charge in [-0.25, -0.2) is 18.6 Å². The van der Waals surface area contributed by atoms with Crippen LogP contribution in [0.5, 0.6) is 5.75 Å².